The monoisotopic (exact) mass is 269 g/mol. The van der Waals surface area contributed by atoms with Gasteiger partial charge in [0.2, 0.25) is 0 Å². The number of hydrogen-bond donors (Lipinski definition) is 0. The molecule has 0 radical (unpaired) electrons. The van der Waals surface area contributed by atoms with Crippen LogP contribution in [0.15, 0.2) is 36.7 Å². The predicted octanol–water partition coefficient (Wildman–Crippen LogP) is 1.66. The van der Waals surface area contributed by atoms with Crippen LogP contribution >= 0.6 is 0 Å². The molecule has 0 spiro atoms. The second-order valence-electron chi connectivity index (χ2n) is 5.53. The molecule has 2 heterocycles. The van der Waals surface area contributed by atoms with Crippen molar-refractivity contribution < 1.29 is 4.79 Å². The van der Waals surface area contributed by atoms with Crippen molar-refractivity contribution in [3.8, 4) is 0 Å². The summed E-state index contributed by atoms with van der Waals surface area (Å²) >= 11 is 0. The molecule has 1 saturated heterocycles. The highest BCUT2D eigenvalue weighted by molar-refractivity contribution is 6.10. The second kappa shape index (κ2) is 5.31. The fourth-order valence-electron chi connectivity index (χ4n) is 2.80. The van der Waals surface area contributed by atoms with Gasteiger partial charge in [0.25, 0.3) is 0 Å². The zero-order valence-electron chi connectivity index (χ0n) is 11.9. The summed E-state index contributed by atoms with van der Waals surface area (Å²) in [6, 6.07) is 7.75. The summed E-state index contributed by atoms with van der Waals surface area (Å²) in [7, 11) is 4.09. The van der Waals surface area contributed by atoms with Gasteiger partial charge < -0.3 is 4.90 Å². The van der Waals surface area contributed by atoms with Gasteiger partial charge in [-0.1, -0.05) is 18.2 Å². The Balaban J connectivity index is 2.00. The Morgan fingerprint density at radius 3 is 2.95 bits per heavy atom. The van der Waals surface area contributed by atoms with E-state index in [0.29, 0.717) is 0 Å². The average Bonchev–Trinajstić information content (AvgIpc) is 2.48. The number of aromatic nitrogens is 1. The SMILES string of the molecule is CN1CCN(C)C(C(=O)c2cccc3ccncc23)C1. The number of likely N-dealkylation sites (N-methyl/N-ethyl adjacent to an activating group) is 2. The van der Waals surface area contributed by atoms with Gasteiger partial charge in [-0.3, -0.25) is 14.7 Å². The Kier molecular flexibility index (Phi) is 3.51. The quantitative estimate of drug-likeness (QED) is 0.777. The van der Waals surface area contributed by atoms with E-state index in [1.165, 1.54) is 0 Å². The van der Waals surface area contributed by atoms with Crippen LogP contribution in [-0.4, -0.2) is 60.3 Å². The number of pyridine rings is 1. The summed E-state index contributed by atoms with van der Waals surface area (Å²) in [6.45, 7) is 2.72. The van der Waals surface area contributed by atoms with Crippen molar-refractivity contribution in [3.05, 3.63) is 42.2 Å². The molecule has 1 unspecified atom stereocenters. The van der Waals surface area contributed by atoms with Crippen molar-refractivity contribution in [3.63, 3.8) is 0 Å². The largest absolute Gasteiger partial charge is 0.303 e. The Bertz CT molecular complexity index is 635. The first-order valence-electron chi connectivity index (χ1n) is 6.92. The number of nitrogens with zero attached hydrogens (tertiary/aromatic N) is 3. The molecular weight excluding hydrogens is 250 g/mol. The molecule has 1 fully saturated rings. The zero-order chi connectivity index (χ0) is 14.1. The van der Waals surface area contributed by atoms with E-state index in [1.54, 1.807) is 12.4 Å². The van der Waals surface area contributed by atoms with Gasteiger partial charge in [-0.25, -0.2) is 0 Å². The van der Waals surface area contributed by atoms with Gasteiger partial charge in [0.15, 0.2) is 5.78 Å². The summed E-state index contributed by atoms with van der Waals surface area (Å²) in [5.74, 6) is 0.192. The maximum absolute atomic E-state index is 12.9. The first-order valence-corrected chi connectivity index (χ1v) is 6.92. The van der Waals surface area contributed by atoms with Crippen molar-refractivity contribution in [2.45, 2.75) is 6.04 Å². The maximum atomic E-state index is 12.9. The summed E-state index contributed by atoms with van der Waals surface area (Å²) in [5.41, 5.74) is 0.780. The van der Waals surface area contributed by atoms with Gasteiger partial charge in [0.1, 0.15) is 0 Å². The van der Waals surface area contributed by atoms with Crippen LogP contribution < -0.4 is 0 Å². The van der Waals surface area contributed by atoms with Crippen molar-refractivity contribution in [1.82, 2.24) is 14.8 Å². The highest BCUT2D eigenvalue weighted by atomic mass is 16.1. The van der Waals surface area contributed by atoms with E-state index in [-0.39, 0.29) is 11.8 Å². The minimum absolute atomic E-state index is 0.0699. The van der Waals surface area contributed by atoms with Crippen LogP contribution in [0.2, 0.25) is 0 Å². The molecule has 4 heteroatoms. The lowest BCUT2D eigenvalue weighted by Gasteiger charge is -2.36. The molecule has 1 aliphatic rings. The third-order valence-electron chi connectivity index (χ3n) is 4.10. The predicted molar refractivity (Wildman–Crippen MR) is 80.0 cm³/mol. The first-order chi connectivity index (χ1) is 9.66. The average molecular weight is 269 g/mol. The fourth-order valence-corrected chi connectivity index (χ4v) is 2.80. The van der Waals surface area contributed by atoms with Crippen LogP contribution in [0.1, 0.15) is 10.4 Å². The highest BCUT2D eigenvalue weighted by Crippen LogP contribution is 2.21. The van der Waals surface area contributed by atoms with E-state index in [9.17, 15) is 4.79 Å². The van der Waals surface area contributed by atoms with Crippen molar-refractivity contribution in [1.29, 1.82) is 0 Å². The topological polar surface area (TPSA) is 36.4 Å². The zero-order valence-corrected chi connectivity index (χ0v) is 11.9. The number of benzene rings is 1. The number of piperazine rings is 1. The van der Waals surface area contributed by atoms with E-state index in [4.69, 9.17) is 0 Å². The summed E-state index contributed by atoms with van der Waals surface area (Å²) < 4.78 is 0. The third-order valence-corrected chi connectivity index (χ3v) is 4.10. The molecule has 0 saturated carbocycles. The Hall–Kier alpha value is -1.78. The lowest BCUT2D eigenvalue weighted by molar-refractivity contribution is 0.0688. The second-order valence-corrected chi connectivity index (χ2v) is 5.53. The smallest absolute Gasteiger partial charge is 0.181 e. The molecule has 0 aliphatic carbocycles. The highest BCUT2D eigenvalue weighted by Gasteiger charge is 2.29. The molecule has 0 amide bonds. The number of Topliss-reactive ketones (excluding diaryl/α,β-unsaturated/α-hetero) is 1. The minimum atomic E-state index is -0.0699. The van der Waals surface area contributed by atoms with Crippen LogP contribution in [0.25, 0.3) is 10.8 Å². The van der Waals surface area contributed by atoms with Crippen molar-refractivity contribution in [2.75, 3.05) is 33.7 Å². The minimum Gasteiger partial charge on any atom is -0.303 e. The number of carbonyl (C=O) groups is 1. The molecule has 3 rings (SSSR count). The Morgan fingerprint density at radius 2 is 2.10 bits per heavy atom. The summed E-state index contributed by atoms with van der Waals surface area (Å²) in [4.78, 5) is 21.4. The van der Waals surface area contributed by atoms with Gasteiger partial charge in [0, 0.05) is 43.0 Å². The van der Waals surface area contributed by atoms with Gasteiger partial charge >= 0.3 is 0 Å². The number of hydrogen-bond acceptors (Lipinski definition) is 4. The number of carbonyl (C=O) groups excluding carboxylic acids is 1. The third kappa shape index (κ3) is 2.32. The van der Waals surface area contributed by atoms with Crippen LogP contribution in [0.5, 0.6) is 0 Å². The maximum Gasteiger partial charge on any atom is 0.181 e. The van der Waals surface area contributed by atoms with Gasteiger partial charge in [0.05, 0.1) is 6.04 Å². The first kappa shape index (κ1) is 13.2. The number of rotatable bonds is 2. The summed E-state index contributed by atoms with van der Waals surface area (Å²) in [5, 5.41) is 2.01. The fraction of sp³-hybridized carbons (Fsp3) is 0.375. The molecule has 0 N–H and O–H groups in total. The van der Waals surface area contributed by atoms with E-state index < -0.39 is 0 Å². The van der Waals surface area contributed by atoms with Gasteiger partial charge in [-0.05, 0) is 25.5 Å². The molecule has 0 bridgehead atoms. The van der Waals surface area contributed by atoms with E-state index in [1.807, 2.05) is 31.3 Å². The summed E-state index contributed by atoms with van der Waals surface area (Å²) in [6.07, 6.45) is 3.55. The number of ketones is 1. The van der Waals surface area contributed by atoms with Crippen molar-refractivity contribution >= 4 is 16.6 Å². The molecule has 1 aromatic carbocycles. The Labute approximate surface area is 119 Å². The molecule has 2 aromatic rings. The van der Waals surface area contributed by atoms with E-state index >= 15 is 0 Å². The standard InChI is InChI=1S/C16H19N3O/c1-18-8-9-19(2)15(11-18)16(20)13-5-3-4-12-6-7-17-10-14(12)13/h3-7,10,15H,8-9,11H2,1-2H3. The van der Waals surface area contributed by atoms with E-state index in [0.717, 1.165) is 36.0 Å². The molecule has 20 heavy (non-hydrogen) atoms. The lowest BCUT2D eigenvalue weighted by atomic mass is 9.97. The van der Waals surface area contributed by atoms with Gasteiger partial charge in [-0.2, -0.15) is 0 Å². The van der Waals surface area contributed by atoms with Crippen LogP contribution in [0.4, 0.5) is 0 Å². The molecule has 1 atom stereocenters. The number of fused-ring (bicyclic) bond motifs is 1. The van der Waals surface area contributed by atoms with E-state index in [2.05, 4.69) is 21.8 Å². The Morgan fingerprint density at radius 1 is 1.25 bits per heavy atom. The molecule has 1 aromatic heterocycles. The normalized spacial score (nSPS) is 21.2. The molecule has 104 valence electrons. The van der Waals surface area contributed by atoms with Crippen LogP contribution in [0, 0.1) is 0 Å². The van der Waals surface area contributed by atoms with Gasteiger partial charge in [-0.15, -0.1) is 0 Å². The molecular formula is C16H19N3O. The van der Waals surface area contributed by atoms with Crippen LogP contribution in [0.3, 0.4) is 0 Å². The van der Waals surface area contributed by atoms with Crippen molar-refractivity contribution in [2.24, 2.45) is 0 Å². The lowest BCUT2D eigenvalue weighted by Crippen LogP contribution is -2.53. The molecule has 4 nitrogen and oxygen atoms in total. The molecule has 1 aliphatic heterocycles. The van der Waals surface area contributed by atoms with Crippen LogP contribution in [-0.2, 0) is 0 Å².